The van der Waals surface area contributed by atoms with Gasteiger partial charge in [0, 0.05) is 44.5 Å². The first kappa shape index (κ1) is 18.6. The number of furan rings is 1. The molecule has 142 valence electrons. The summed E-state index contributed by atoms with van der Waals surface area (Å²) in [5, 5.41) is 7.45. The molecule has 1 saturated heterocycles. The van der Waals surface area contributed by atoms with Gasteiger partial charge in [-0.05, 0) is 18.6 Å². The second-order valence-corrected chi connectivity index (χ2v) is 6.48. The van der Waals surface area contributed by atoms with Crippen molar-refractivity contribution in [1.29, 1.82) is 0 Å². The van der Waals surface area contributed by atoms with E-state index in [1.54, 1.807) is 7.05 Å². The van der Waals surface area contributed by atoms with E-state index in [1.807, 2.05) is 30.3 Å². The lowest BCUT2D eigenvalue weighted by Crippen LogP contribution is -2.45. The van der Waals surface area contributed by atoms with Gasteiger partial charge in [-0.3, -0.25) is 9.89 Å². The number of para-hydroxylation sites is 1. The smallest absolute Gasteiger partial charge is 0.401 e. The number of nitrogens with one attached hydrogen (secondary N) is 2. The first-order valence-corrected chi connectivity index (χ1v) is 8.67. The number of alkyl halides is 3. The van der Waals surface area contributed by atoms with Crippen LogP contribution in [-0.4, -0.2) is 56.3 Å². The quantitative estimate of drug-likeness (QED) is 0.630. The number of benzene rings is 1. The van der Waals surface area contributed by atoms with Crippen molar-refractivity contribution >= 4 is 16.9 Å². The zero-order valence-corrected chi connectivity index (χ0v) is 14.6. The van der Waals surface area contributed by atoms with Gasteiger partial charge in [0.05, 0.1) is 6.54 Å². The fourth-order valence-electron chi connectivity index (χ4n) is 3.20. The van der Waals surface area contributed by atoms with E-state index in [9.17, 15) is 13.2 Å². The molecule has 0 aliphatic carbocycles. The van der Waals surface area contributed by atoms with Crippen LogP contribution in [0, 0.1) is 0 Å². The SMILES string of the molecule is CN=C(NCCc1cc2ccccc2o1)NC1CCN(CC(F)(F)F)C1. The van der Waals surface area contributed by atoms with Crippen LogP contribution < -0.4 is 10.6 Å². The number of likely N-dealkylation sites (tertiary alicyclic amines) is 1. The molecule has 1 fully saturated rings. The maximum Gasteiger partial charge on any atom is 0.401 e. The fraction of sp³-hybridized carbons (Fsp3) is 0.500. The largest absolute Gasteiger partial charge is 0.461 e. The van der Waals surface area contributed by atoms with E-state index in [-0.39, 0.29) is 6.04 Å². The van der Waals surface area contributed by atoms with Crippen molar-refractivity contribution in [2.75, 3.05) is 33.2 Å². The highest BCUT2D eigenvalue weighted by Crippen LogP contribution is 2.20. The van der Waals surface area contributed by atoms with Gasteiger partial charge in [0.15, 0.2) is 5.96 Å². The zero-order chi connectivity index (χ0) is 18.6. The van der Waals surface area contributed by atoms with Crippen LogP contribution in [0.25, 0.3) is 11.0 Å². The van der Waals surface area contributed by atoms with E-state index in [1.165, 1.54) is 4.90 Å². The van der Waals surface area contributed by atoms with Crippen LogP contribution >= 0.6 is 0 Å². The Labute approximate surface area is 150 Å². The summed E-state index contributed by atoms with van der Waals surface area (Å²) < 4.78 is 43.1. The normalized spacial score (nSPS) is 19.2. The summed E-state index contributed by atoms with van der Waals surface area (Å²) >= 11 is 0. The van der Waals surface area contributed by atoms with Gasteiger partial charge in [-0.2, -0.15) is 13.2 Å². The van der Waals surface area contributed by atoms with Crippen LogP contribution in [0.3, 0.4) is 0 Å². The molecule has 3 rings (SSSR count). The van der Waals surface area contributed by atoms with Gasteiger partial charge >= 0.3 is 6.18 Å². The molecule has 1 aromatic heterocycles. The highest BCUT2D eigenvalue weighted by atomic mass is 19.4. The Balaban J connectivity index is 1.43. The number of rotatable bonds is 5. The molecule has 0 amide bonds. The molecule has 0 radical (unpaired) electrons. The van der Waals surface area contributed by atoms with Crippen molar-refractivity contribution < 1.29 is 17.6 Å². The van der Waals surface area contributed by atoms with E-state index in [0.29, 0.717) is 38.4 Å². The molecule has 0 spiro atoms. The third-order valence-electron chi connectivity index (χ3n) is 4.38. The monoisotopic (exact) mass is 368 g/mol. The molecule has 0 bridgehead atoms. The summed E-state index contributed by atoms with van der Waals surface area (Å²) in [5.41, 5.74) is 0.862. The fourth-order valence-corrected chi connectivity index (χ4v) is 3.20. The Bertz CT molecular complexity index is 723. The van der Waals surface area contributed by atoms with Crippen molar-refractivity contribution in [3.8, 4) is 0 Å². The molecule has 5 nitrogen and oxygen atoms in total. The van der Waals surface area contributed by atoms with Crippen molar-refractivity contribution in [2.24, 2.45) is 4.99 Å². The van der Waals surface area contributed by atoms with E-state index in [2.05, 4.69) is 15.6 Å². The van der Waals surface area contributed by atoms with E-state index >= 15 is 0 Å². The highest BCUT2D eigenvalue weighted by molar-refractivity contribution is 5.80. The van der Waals surface area contributed by atoms with Crippen LogP contribution in [-0.2, 0) is 6.42 Å². The molecule has 1 aliphatic rings. The van der Waals surface area contributed by atoms with Crippen LogP contribution in [0.2, 0.25) is 0 Å². The lowest BCUT2D eigenvalue weighted by atomic mass is 10.2. The third kappa shape index (κ3) is 5.14. The number of nitrogens with zero attached hydrogens (tertiary/aromatic N) is 2. The van der Waals surface area contributed by atoms with E-state index < -0.39 is 12.7 Å². The Morgan fingerprint density at radius 3 is 2.88 bits per heavy atom. The van der Waals surface area contributed by atoms with Crippen LogP contribution in [0.15, 0.2) is 39.7 Å². The number of aliphatic imine (C=N–C) groups is 1. The van der Waals surface area contributed by atoms with Crippen LogP contribution in [0.5, 0.6) is 0 Å². The number of guanidine groups is 1. The second-order valence-electron chi connectivity index (χ2n) is 6.48. The summed E-state index contributed by atoms with van der Waals surface area (Å²) in [5.74, 6) is 1.48. The molecule has 26 heavy (non-hydrogen) atoms. The number of hydrogen-bond acceptors (Lipinski definition) is 3. The standard InChI is InChI=1S/C18H23F3N4O/c1-22-17(24-14-7-9-25(11-14)12-18(19,20)21)23-8-6-15-10-13-4-2-3-5-16(13)26-15/h2-5,10,14H,6-9,11-12H2,1H3,(H2,22,23,24). The average molecular weight is 368 g/mol. The van der Waals surface area contributed by atoms with Gasteiger partial charge in [-0.25, -0.2) is 0 Å². The molecule has 2 N–H and O–H groups in total. The van der Waals surface area contributed by atoms with Gasteiger partial charge < -0.3 is 15.1 Å². The lowest BCUT2D eigenvalue weighted by molar-refractivity contribution is -0.143. The summed E-state index contributed by atoms with van der Waals surface area (Å²) in [6.07, 6.45) is -2.79. The molecular weight excluding hydrogens is 345 g/mol. The Morgan fingerprint density at radius 1 is 1.35 bits per heavy atom. The number of fused-ring (bicyclic) bond motifs is 1. The van der Waals surface area contributed by atoms with Gasteiger partial charge in [0.1, 0.15) is 11.3 Å². The molecule has 2 aromatic rings. The van der Waals surface area contributed by atoms with Crippen molar-refractivity contribution in [3.63, 3.8) is 0 Å². The van der Waals surface area contributed by atoms with Gasteiger partial charge in [-0.1, -0.05) is 18.2 Å². The topological polar surface area (TPSA) is 52.8 Å². The van der Waals surface area contributed by atoms with Gasteiger partial charge in [-0.15, -0.1) is 0 Å². The van der Waals surface area contributed by atoms with Crippen LogP contribution in [0.1, 0.15) is 12.2 Å². The predicted octanol–water partition coefficient (Wildman–Crippen LogP) is 2.78. The Kier molecular flexibility index (Phi) is 5.70. The zero-order valence-electron chi connectivity index (χ0n) is 14.6. The van der Waals surface area contributed by atoms with Crippen LogP contribution in [0.4, 0.5) is 13.2 Å². The van der Waals surface area contributed by atoms with Crippen molar-refractivity contribution in [1.82, 2.24) is 15.5 Å². The molecule has 0 saturated carbocycles. The van der Waals surface area contributed by atoms with Gasteiger partial charge in [0.2, 0.25) is 0 Å². The summed E-state index contributed by atoms with van der Waals surface area (Å²) in [6.45, 7) is 0.568. The molecule has 1 unspecified atom stereocenters. The lowest BCUT2D eigenvalue weighted by Gasteiger charge is -2.19. The van der Waals surface area contributed by atoms with E-state index in [0.717, 1.165) is 16.7 Å². The number of halogens is 3. The summed E-state index contributed by atoms with van der Waals surface area (Å²) in [4.78, 5) is 5.56. The highest BCUT2D eigenvalue weighted by Gasteiger charge is 2.34. The molecule has 8 heteroatoms. The molecule has 2 heterocycles. The minimum Gasteiger partial charge on any atom is -0.461 e. The average Bonchev–Trinajstić information content (AvgIpc) is 3.18. The third-order valence-corrected chi connectivity index (χ3v) is 4.38. The first-order chi connectivity index (χ1) is 12.4. The minimum absolute atomic E-state index is 0.0326. The first-order valence-electron chi connectivity index (χ1n) is 8.67. The molecule has 1 atom stereocenters. The Hall–Kier alpha value is -2.22. The molecular formula is C18H23F3N4O. The van der Waals surface area contributed by atoms with Crippen molar-refractivity contribution in [2.45, 2.75) is 25.1 Å². The van der Waals surface area contributed by atoms with Gasteiger partial charge in [0.25, 0.3) is 0 Å². The minimum atomic E-state index is -4.15. The molecule has 1 aromatic carbocycles. The maximum absolute atomic E-state index is 12.5. The van der Waals surface area contributed by atoms with Crippen molar-refractivity contribution in [3.05, 3.63) is 36.1 Å². The number of hydrogen-bond donors (Lipinski definition) is 2. The summed E-state index contributed by atoms with van der Waals surface area (Å²) in [7, 11) is 1.65. The second kappa shape index (κ2) is 7.99. The Morgan fingerprint density at radius 2 is 2.15 bits per heavy atom. The maximum atomic E-state index is 12.5. The predicted molar refractivity (Wildman–Crippen MR) is 95.3 cm³/mol. The van der Waals surface area contributed by atoms with E-state index in [4.69, 9.17) is 4.42 Å². The molecule has 1 aliphatic heterocycles. The summed E-state index contributed by atoms with van der Waals surface area (Å²) in [6, 6.07) is 9.81.